The van der Waals surface area contributed by atoms with Gasteiger partial charge in [-0.1, -0.05) is 17.7 Å². The number of hydrogen-bond acceptors (Lipinski definition) is 4. The summed E-state index contributed by atoms with van der Waals surface area (Å²) in [4.78, 5) is 3.80. The standard InChI is InChI=1S/C8H11ClN2O3S/c1-5(15(10,13)14)8(12)6-3-2-4-7(9)11-6/h2-5,8,12H,1H3,(H2,10,13,14)/t5-,8+/m1/s1. The summed E-state index contributed by atoms with van der Waals surface area (Å²) in [5.74, 6) is 0. The molecule has 15 heavy (non-hydrogen) atoms. The van der Waals surface area contributed by atoms with Crippen molar-refractivity contribution in [3.63, 3.8) is 0 Å². The number of aliphatic hydroxyl groups excluding tert-OH is 1. The third-order valence-corrected chi connectivity index (χ3v) is 3.51. The summed E-state index contributed by atoms with van der Waals surface area (Å²) in [5, 5.41) is 13.6. The van der Waals surface area contributed by atoms with Gasteiger partial charge < -0.3 is 5.11 Å². The molecule has 0 unspecified atom stereocenters. The summed E-state index contributed by atoms with van der Waals surface area (Å²) >= 11 is 5.60. The van der Waals surface area contributed by atoms with Crippen LogP contribution in [0.15, 0.2) is 18.2 Å². The molecule has 1 aromatic heterocycles. The largest absolute Gasteiger partial charge is 0.385 e. The highest BCUT2D eigenvalue weighted by atomic mass is 35.5. The third-order valence-electron chi connectivity index (χ3n) is 2.00. The maximum absolute atomic E-state index is 11.0. The molecule has 0 fully saturated rings. The van der Waals surface area contributed by atoms with E-state index in [1.807, 2.05) is 0 Å². The summed E-state index contributed by atoms with van der Waals surface area (Å²) < 4.78 is 22.0. The molecule has 0 amide bonds. The molecule has 1 rings (SSSR count). The van der Waals surface area contributed by atoms with E-state index in [4.69, 9.17) is 16.7 Å². The monoisotopic (exact) mass is 250 g/mol. The minimum absolute atomic E-state index is 0.184. The van der Waals surface area contributed by atoms with Crippen LogP contribution in [-0.2, 0) is 10.0 Å². The Kier molecular flexibility index (Phi) is 3.67. The molecule has 5 nitrogen and oxygen atoms in total. The highest BCUT2D eigenvalue weighted by molar-refractivity contribution is 7.89. The Balaban J connectivity index is 3.00. The van der Waals surface area contributed by atoms with Crippen LogP contribution in [0, 0.1) is 0 Å². The van der Waals surface area contributed by atoms with E-state index >= 15 is 0 Å². The quantitative estimate of drug-likeness (QED) is 0.762. The highest BCUT2D eigenvalue weighted by Crippen LogP contribution is 2.19. The number of pyridine rings is 1. The van der Waals surface area contributed by atoms with Crippen molar-refractivity contribution in [2.45, 2.75) is 18.3 Å². The molecule has 0 aromatic carbocycles. The second kappa shape index (κ2) is 4.44. The van der Waals surface area contributed by atoms with E-state index in [0.717, 1.165) is 0 Å². The first-order valence-electron chi connectivity index (χ1n) is 4.14. The van der Waals surface area contributed by atoms with Gasteiger partial charge >= 0.3 is 0 Å². The SMILES string of the molecule is C[C@H]([C@H](O)c1cccc(Cl)n1)S(N)(=O)=O. The lowest BCUT2D eigenvalue weighted by molar-refractivity contribution is 0.171. The molecule has 0 aliphatic carbocycles. The average molecular weight is 251 g/mol. The lowest BCUT2D eigenvalue weighted by Gasteiger charge is -2.16. The van der Waals surface area contributed by atoms with E-state index in [1.54, 1.807) is 6.07 Å². The predicted octanol–water partition coefficient (Wildman–Crippen LogP) is 0.445. The van der Waals surface area contributed by atoms with Crippen LogP contribution in [0.5, 0.6) is 0 Å². The summed E-state index contributed by atoms with van der Waals surface area (Å²) in [7, 11) is -3.80. The van der Waals surface area contributed by atoms with Crippen molar-refractivity contribution in [3.05, 3.63) is 29.0 Å². The molecule has 3 N–H and O–H groups in total. The van der Waals surface area contributed by atoms with Gasteiger partial charge in [0.25, 0.3) is 0 Å². The van der Waals surface area contributed by atoms with Gasteiger partial charge in [-0.3, -0.25) is 0 Å². The van der Waals surface area contributed by atoms with Gasteiger partial charge in [0.15, 0.2) is 0 Å². The minimum atomic E-state index is -3.80. The van der Waals surface area contributed by atoms with E-state index in [1.165, 1.54) is 19.1 Å². The van der Waals surface area contributed by atoms with Gasteiger partial charge in [-0.05, 0) is 19.1 Å². The third kappa shape index (κ3) is 3.13. The molecular formula is C8H11ClN2O3S. The fraction of sp³-hybridized carbons (Fsp3) is 0.375. The Bertz CT molecular complexity index is 449. The minimum Gasteiger partial charge on any atom is -0.385 e. The smallest absolute Gasteiger partial charge is 0.214 e. The molecule has 2 atom stereocenters. The second-order valence-electron chi connectivity index (χ2n) is 3.12. The molecule has 7 heteroatoms. The number of halogens is 1. The first-order valence-corrected chi connectivity index (χ1v) is 6.13. The number of aliphatic hydroxyl groups is 1. The number of sulfonamides is 1. The number of hydrogen-bond donors (Lipinski definition) is 2. The maximum atomic E-state index is 11.0. The van der Waals surface area contributed by atoms with Crippen molar-refractivity contribution in [3.8, 4) is 0 Å². The van der Waals surface area contributed by atoms with Crippen LogP contribution in [0.2, 0.25) is 5.15 Å². The highest BCUT2D eigenvalue weighted by Gasteiger charge is 2.27. The molecule has 0 bridgehead atoms. The fourth-order valence-electron chi connectivity index (χ4n) is 1.01. The van der Waals surface area contributed by atoms with E-state index < -0.39 is 21.4 Å². The maximum Gasteiger partial charge on any atom is 0.214 e. The van der Waals surface area contributed by atoms with Gasteiger partial charge in [0, 0.05) is 0 Å². The molecule has 0 aliphatic heterocycles. The van der Waals surface area contributed by atoms with Crippen molar-refractivity contribution in [2.75, 3.05) is 0 Å². The van der Waals surface area contributed by atoms with Gasteiger partial charge in [-0.25, -0.2) is 18.5 Å². The van der Waals surface area contributed by atoms with Crippen LogP contribution in [0.3, 0.4) is 0 Å². The van der Waals surface area contributed by atoms with E-state index in [-0.39, 0.29) is 10.8 Å². The second-order valence-corrected chi connectivity index (χ2v) is 5.43. The van der Waals surface area contributed by atoms with Crippen LogP contribution in [0.1, 0.15) is 18.7 Å². The number of aromatic nitrogens is 1. The van der Waals surface area contributed by atoms with E-state index in [0.29, 0.717) is 0 Å². The lowest BCUT2D eigenvalue weighted by atomic mass is 10.2. The number of rotatable bonds is 3. The predicted molar refractivity (Wildman–Crippen MR) is 56.8 cm³/mol. The summed E-state index contributed by atoms with van der Waals surface area (Å²) in [6.07, 6.45) is -1.28. The normalized spacial score (nSPS) is 16.0. The van der Waals surface area contributed by atoms with Crippen molar-refractivity contribution in [2.24, 2.45) is 5.14 Å². The first-order chi connectivity index (χ1) is 6.82. The van der Waals surface area contributed by atoms with Gasteiger partial charge in [-0.15, -0.1) is 0 Å². The van der Waals surface area contributed by atoms with E-state index in [2.05, 4.69) is 4.98 Å². The van der Waals surface area contributed by atoms with Gasteiger partial charge in [-0.2, -0.15) is 0 Å². The Morgan fingerprint density at radius 3 is 2.60 bits per heavy atom. The summed E-state index contributed by atoms with van der Waals surface area (Å²) in [6, 6.07) is 4.58. The van der Waals surface area contributed by atoms with Crippen molar-refractivity contribution < 1.29 is 13.5 Å². The van der Waals surface area contributed by atoms with E-state index in [9.17, 15) is 13.5 Å². The van der Waals surface area contributed by atoms with Crippen LogP contribution < -0.4 is 5.14 Å². The Hall–Kier alpha value is -0.690. The Morgan fingerprint density at radius 2 is 2.13 bits per heavy atom. The lowest BCUT2D eigenvalue weighted by Crippen LogP contribution is -2.31. The summed E-state index contributed by atoms with van der Waals surface area (Å²) in [6.45, 7) is 1.31. The van der Waals surface area contributed by atoms with Crippen LogP contribution in [-0.4, -0.2) is 23.8 Å². The molecule has 0 radical (unpaired) electrons. The first kappa shape index (κ1) is 12.4. The molecule has 0 saturated carbocycles. The molecular weight excluding hydrogens is 240 g/mol. The molecule has 1 aromatic rings. The fourth-order valence-corrected chi connectivity index (χ4v) is 1.68. The number of primary sulfonamides is 1. The van der Waals surface area contributed by atoms with Gasteiger partial charge in [0.1, 0.15) is 16.5 Å². The van der Waals surface area contributed by atoms with Gasteiger partial charge in [0.2, 0.25) is 10.0 Å². The molecule has 1 heterocycles. The van der Waals surface area contributed by atoms with Crippen molar-refractivity contribution >= 4 is 21.6 Å². The molecule has 84 valence electrons. The molecule has 0 spiro atoms. The average Bonchev–Trinajstić information content (AvgIpc) is 2.14. The Morgan fingerprint density at radius 1 is 1.53 bits per heavy atom. The zero-order valence-electron chi connectivity index (χ0n) is 7.96. The van der Waals surface area contributed by atoms with Crippen LogP contribution >= 0.6 is 11.6 Å². The van der Waals surface area contributed by atoms with Crippen LogP contribution in [0.4, 0.5) is 0 Å². The molecule has 0 saturated heterocycles. The van der Waals surface area contributed by atoms with Crippen LogP contribution in [0.25, 0.3) is 0 Å². The number of nitrogens with two attached hydrogens (primary N) is 1. The zero-order valence-corrected chi connectivity index (χ0v) is 9.53. The molecule has 0 aliphatic rings. The zero-order chi connectivity index (χ0) is 11.6. The Labute approximate surface area is 92.9 Å². The van der Waals surface area contributed by atoms with Gasteiger partial charge in [0.05, 0.1) is 5.69 Å². The summed E-state index contributed by atoms with van der Waals surface area (Å²) in [5.41, 5.74) is 0.184. The topological polar surface area (TPSA) is 93.3 Å². The van der Waals surface area contributed by atoms with Crippen molar-refractivity contribution in [1.29, 1.82) is 0 Å². The number of nitrogens with zero attached hydrogens (tertiary/aromatic N) is 1. The van der Waals surface area contributed by atoms with Crippen molar-refractivity contribution in [1.82, 2.24) is 4.98 Å².